The third-order valence-electron chi connectivity index (χ3n) is 2.70. The molecule has 1 rings (SSSR count). The van der Waals surface area contributed by atoms with E-state index in [4.69, 9.17) is 10.5 Å². The topological polar surface area (TPSA) is 64.4 Å². The molecule has 1 unspecified atom stereocenters. The summed E-state index contributed by atoms with van der Waals surface area (Å²) in [5.41, 5.74) is 6.11. The Labute approximate surface area is 106 Å². The van der Waals surface area contributed by atoms with Crippen molar-refractivity contribution in [2.24, 2.45) is 5.73 Å². The van der Waals surface area contributed by atoms with Crippen molar-refractivity contribution >= 4 is 5.91 Å². The molecule has 0 aliphatic rings. The molecule has 1 atom stereocenters. The Morgan fingerprint density at radius 2 is 2.28 bits per heavy atom. The van der Waals surface area contributed by atoms with Crippen molar-refractivity contribution in [2.45, 2.75) is 19.3 Å². The summed E-state index contributed by atoms with van der Waals surface area (Å²) in [4.78, 5) is 11.9. The van der Waals surface area contributed by atoms with Crippen LogP contribution in [-0.2, 0) is 4.79 Å². The highest BCUT2D eigenvalue weighted by molar-refractivity contribution is 5.83. The number of nitrogens with one attached hydrogen (secondary N) is 1. The first-order valence-corrected chi connectivity index (χ1v) is 5.95. The minimum atomic E-state index is -0.471. The predicted molar refractivity (Wildman–Crippen MR) is 68.0 cm³/mol. The molecule has 1 aromatic carbocycles. The minimum Gasteiger partial charge on any atom is -0.494 e. The van der Waals surface area contributed by atoms with E-state index in [1.165, 1.54) is 19.2 Å². The highest BCUT2D eigenvalue weighted by Crippen LogP contribution is 2.25. The average molecular weight is 254 g/mol. The lowest BCUT2D eigenvalue weighted by Crippen LogP contribution is -2.30. The van der Waals surface area contributed by atoms with Gasteiger partial charge in [0.15, 0.2) is 11.6 Å². The van der Waals surface area contributed by atoms with Crippen LogP contribution in [0.15, 0.2) is 18.2 Å². The van der Waals surface area contributed by atoms with Gasteiger partial charge in [-0.05, 0) is 37.6 Å². The van der Waals surface area contributed by atoms with Gasteiger partial charge in [0.05, 0.1) is 13.0 Å². The molecule has 0 saturated carbocycles. The molecule has 0 spiro atoms. The highest BCUT2D eigenvalue weighted by atomic mass is 19.1. The number of hydrogen-bond donors (Lipinski definition) is 2. The summed E-state index contributed by atoms with van der Waals surface area (Å²) in [6, 6.07) is 4.54. The maximum absolute atomic E-state index is 13.6. The van der Waals surface area contributed by atoms with Gasteiger partial charge >= 0.3 is 0 Å². The SMILES string of the molecule is CCNC(=O)C(CCN)c1ccc(OC)c(F)c1. The largest absolute Gasteiger partial charge is 0.494 e. The van der Waals surface area contributed by atoms with E-state index < -0.39 is 11.7 Å². The third kappa shape index (κ3) is 3.43. The van der Waals surface area contributed by atoms with E-state index in [0.717, 1.165) is 0 Å². The average Bonchev–Trinajstić information content (AvgIpc) is 2.36. The molecule has 0 fully saturated rings. The van der Waals surface area contributed by atoms with Crippen LogP contribution in [0.3, 0.4) is 0 Å². The first-order chi connectivity index (χ1) is 8.63. The quantitative estimate of drug-likeness (QED) is 0.806. The summed E-state index contributed by atoms with van der Waals surface area (Å²) in [6.45, 7) is 2.75. The number of likely N-dealkylation sites (N-methyl/N-ethyl adjacent to an activating group) is 1. The molecular weight excluding hydrogens is 235 g/mol. The lowest BCUT2D eigenvalue weighted by Gasteiger charge is -2.16. The third-order valence-corrected chi connectivity index (χ3v) is 2.70. The maximum Gasteiger partial charge on any atom is 0.227 e. The zero-order valence-electron chi connectivity index (χ0n) is 10.7. The van der Waals surface area contributed by atoms with E-state index in [1.54, 1.807) is 6.07 Å². The molecule has 0 bridgehead atoms. The van der Waals surface area contributed by atoms with E-state index in [-0.39, 0.29) is 11.7 Å². The van der Waals surface area contributed by atoms with Crippen molar-refractivity contribution in [3.05, 3.63) is 29.6 Å². The maximum atomic E-state index is 13.6. The van der Waals surface area contributed by atoms with E-state index >= 15 is 0 Å². The second-order valence-electron chi connectivity index (χ2n) is 3.92. The molecule has 18 heavy (non-hydrogen) atoms. The minimum absolute atomic E-state index is 0.132. The number of nitrogens with two attached hydrogens (primary N) is 1. The van der Waals surface area contributed by atoms with E-state index in [9.17, 15) is 9.18 Å². The number of hydrogen-bond acceptors (Lipinski definition) is 3. The fraction of sp³-hybridized carbons (Fsp3) is 0.462. The Hall–Kier alpha value is -1.62. The van der Waals surface area contributed by atoms with Gasteiger partial charge in [-0.2, -0.15) is 0 Å². The Bertz CT molecular complexity index is 410. The Kier molecular flexibility index (Phi) is 5.58. The van der Waals surface area contributed by atoms with Crippen molar-refractivity contribution in [1.82, 2.24) is 5.32 Å². The van der Waals surface area contributed by atoms with Crippen molar-refractivity contribution < 1.29 is 13.9 Å². The molecule has 5 heteroatoms. The van der Waals surface area contributed by atoms with Gasteiger partial charge < -0.3 is 15.8 Å². The molecule has 0 aromatic heterocycles. The first kappa shape index (κ1) is 14.4. The Morgan fingerprint density at radius 3 is 2.78 bits per heavy atom. The van der Waals surface area contributed by atoms with Gasteiger partial charge in [0, 0.05) is 6.54 Å². The van der Waals surface area contributed by atoms with Crippen molar-refractivity contribution in [1.29, 1.82) is 0 Å². The zero-order chi connectivity index (χ0) is 13.5. The van der Waals surface area contributed by atoms with E-state index in [1.807, 2.05) is 6.92 Å². The lowest BCUT2D eigenvalue weighted by atomic mass is 9.94. The molecule has 100 valence electrons. The van der Waals surface area contributed by atoms with Crippen molar-refractivity contribution in [3.63, 3.8) is 0 Å². The zero-order valence-corrected chi connectivity index (χ0v) is 10.7. The monoisotopic (exact) mass is 254 g/mol. The number of rotatable bonds is 6. The highest BCUT2D eigenvalue weighted by Gasteiger charge is 2.20. The number of carbonyl (C=O) groups excluding carboxylic acids is 1. The molecule has 1 amide bonds. The van der Waals surface area contributed by atoms with Crippen LogP contribution < -0.4 is 15.8 Å². The fourth-order valence-corrected chi connectivity index (χ4v) is 1.81. The second kappa shape index (κ2) is 6.96. The smallest absolute Gasteiger partial charge is 0.227 e. The van der Waals surface area contributed by atoms with E-state index in [0.29, 0.717) is 25.1 Å². The molecule has 0 aliphatic carbocycles. The molecule has 0 heterocycles. The van der Waals surface area contributed by atoms with Gasteiger partial charge in [0.2, 0.25) is 5.91 Å². The van der Waals surface area contributed by atoms with Crippen LogP contribution in [0.2, 0.25) is 0 Å². The Balaban J connectivity index is 2.98. The Morgan fingerprint density at radius 1 is 1.56 bits per heavy atom. The van der Waals surface area contributed by atoms with Gasteiger partial charge in [-0.15, -0.1) is 0 Å². The number of benzene rings is 1. The summed E-state index contributed by atoms with van der Waals surface area (Å²) < 4.78 is 18.5. The molecule has 4 nitrogen and oxygen atoms in total. The van der Waals surface area contributed by atoms with Crippen LogP contribution in [-0.4, -0.2) is 26.1 Å². The standard InChI is InChI=1S/C13H19FN2O2/c1-3-16-13(17)10(6-7-15)9-4-5-12(18-2)11(14)8-9/h4-5,8,10H,3,6-7,15H2,1-2H3,(H,16,17). The summed E-state index contributed by atoms with van der Waals surface area (Å²) in [5.74, 6) is -0.856. The number of carbonyl (C=O) groups is 1. The van der Waals surface area contributed by atoms with Crippen LogP contribution in [0, 0.1) is 5.82 Å². The number of amides is 1. The summed E-state index contributed by atoms with van der Waals surface area (Å²) >= 11 is 0. The summed E-state index contributed by atoms with van der Waals surface area (Å²) in [7, 11) is 1.40. The van der Waals surface area contributed by atoms with Crippen LogP contribution in [0.1, 0.15) is 24.8 Å². The molecule has 0 aliphatic heterocycles. The van der Waals surface area contributed by atoms with Gasteiger partial charge in [0.1, 0.15) is 0 Å². The van der Waals surface area contributed by atoms with Gasteiger partial charge in [-0.25, -0.2) is 4.39 Å². The first-order valence-electron chi connectivity index (χ1n) is 5.95. The summed E-state index contributed by atoms with van der Waals surface area (Å²) in [6.07, 6.45) is 0.484. The summed E-state index contributed by atoms with van der Waals surface area (Å²) in [5, 5.41) is 2.73. The van der Waals surface area contributed by atoms with Gasteiger partial charge in [-0.3, -0.25) is 4.79 Å². The van der Waals surface area contributed by atoms with Crippen LogP contribution >= 0.6 is 0 Å². The molecule has 0 saturated heterocycles. The predicted octanol–water partition coefficient (Wildman–Crippen LogP) is 1.40. The molecule has 1 aromatic rings. The van der Waals surface area contributed by atoms with Gasteiger partial charge in [0.25, 0.3) is 0 Å². The van der Waals surface area contributed by atoms with Crippen LogP contribution in [0.5, 0.6) is 5.75 Å². The fourth-order valence-electron chi connectivity index (χ4n) is 1.81. The normalized spacial score (nSPS) is 12.0. The van der Waals surface area contributed by atoms with Crippen LogP contribution in [0.25, 0.3) is 0 Å². The van der Waals surface area contributed by atoms with E-state index in [2.05, 4.69) is 5.32 Å². The number of methoxy groups -OCH3 is 1. The molecule has 3 N–H and O–H groups in total. The molecular formula is C13H19FN2O2. The van der Waals surface area contributed by atoms with Crippen molar-refractivity contribution in [3.8, 4) is 5.75 Å². The lowest BCUT2D eigenvalue weighted by molar-refractivity contribution is -0.122. The molecule has 0 radical (unpaired) electrons. The number of ether oxygens (including phenoxy) is 1. The number of halogens is 1. The van der Waals surface area contributed by atoms with Gasteiger partial charge in [-0.1, -0.05) is 6.07 Å². The van der Waals surface area contributed by atoms with Crippen molar-refractivity contribution in [2.75, 3.05) is 20.2 Å². The van der Waals surface area contributed by atoms with Crippen LogP contribution in [0.4, 0.5) is 4.39 Å². The second-order valence-corrected chi connectivity index (χ2v) is 3.92.